The summed E-state index contributed by atoms with van der Waals surface area (Å²) < 4.78 is 4.80. The number of fused-ring (bicyclic) bond motifs is 1. The van der Waals surface area contributed by atoms with E-state index in [1.807, 2.05) is 6.92 Å². The van der Waals surface area contributed by atoms with Crippen LogP contribution in [0, 0.1) is 11.8 Å². The highest BCUT2D eigenvalue weighted by molar-refractivity contribution is 9.09. The second kappa shape index (κ2) is 12.1. The third kappa shape index (κ3) is 4.95. The predicted molar refractivity (Wildman–Crippen MR) is 155 cm³/mol. The first kappa shape index (κ1) is 29.2. The van der Waals surface area contributed by atoms with Crippen molar-refractivity contribution < 1.29 is 24.2 Å². The maximum atomic E-state index is 14.5. The number of rotatable bonds is 12. The zero-order valence-electron chi connectivity index (χ0n) is 21.4. The molecule has 3 saturated heterocycles. The van der Waals surface area contributed by atoms with Crippen molar-refractivity contribution in [2.45, 2.75) is 59.5 Å². The number of allylic oxidation sites excluding steroid dienone is 1. The Bertz CT molecular complexity index is 1080. The van der Waals surface area contributed by atoms with E-state index in [9.17, 15) is 19.5 Å². The molecule has 38 heavy (non-hydrogen) atoms. The van der Waals surface area contributed by atoms with Crippen LogP contribution in [0.15, 0.2) is 49.6 Å². The normalized spacial score (nSPS) is 30.2. The molecule has 4 rings (SSSR count). The number of alkyl halides is 1. The lowest BCUT2D eigenvalue weighted by molar-refractivity contribution is -0.154. The highest BCUT2D eigenvalue weighted by atomic mass is 79.9. The van der Waals surface area contributed by atoms with Crippen LogP contribution in [-0.4, -0.2) is 74.5 Å². The first-order valence-corrected chi connectivity index (χ1v) is 15.1. The standard InChI is InChI=1S/C28H34BrClN2O5S/c1-4-7-8-14-37-27(36)21-22-25(34)32(18(6-3)16-33)24(28(22)15-20(29)23(21)38-28)26(35)31(13-5-2)19-11-9-17(30)10-12-19/h4-5,9-12,18,20-24,33H,1-2,6-8,13-16H2,3H3/t18-,20?,21+,22-,23+,24?,28?/m0/s1. The topological polar surface area (TPSA) is 87.2 Å². The molecule has 0 saturated carbocycles. The zero-order valence-corrected chi connectivity index (χ0v) is 24.6. The Kier molecular flexibility index (Phi) is 9.33. The van der Waals surface area contributed by atoms with Gasteiger partial charge in [-0.3, -0.25) is 14.4 Å². The minimum atomic E-state index is -0.860. The second-order valence-electron chi connectivity index (χ2n) is 9.97. The Morgan fingerprint density at radius 3 is 2.66 bits per heavy atom. The summed E-state index contributed by atoms with van der Waals surface area (Å²) in [4.78, 5) is 45.1. The molecule has 1 N–H and O–H groups in total. The molecule has 1 aromatic rings. The van der Waals surface area contributed by atoms with Crippen LogP contribution in [0.1, 0.15) is 32.6 Å². The molecule has 3 aliphatic rings. The van der Waals surface area contributed by atoms with Gasteiger partial charge < -0.3 is 19.6 Å². The molecular formula is C28H34BrClN2O5S. The average Bonchev–Trinajstić information content (AvgIpc) is 3.50. The average molecular weight is 626 g/mol. The molecule has 1 spiro atoms. The van der Waals surface area contributed by atoms with E-state index >= 15 is 0 Å². The molecule has 206 valence electrons. The first-order chi connectivity index (χ1) is 18.2. The van der Waals surface area contributed by atoms with Gasteiger partial charge in [0.25, 0.3) is 5.91 Å². The minimum Gasteiger partial charge on any atom is -0.465 e. The molecule has 10 heteroatoms. The summed E-state index contributed by atoms with van der Waals surface area (Å²) in [7, 11) is 0. The smallest absolute Gasteiger partial charge is 0.310 e. The highest BCUT2D eigenvalue weighted by Crippen LogP contribution is 2.68. The summed E-state index contributed by atoms with van der Waals surface area (Å²) in [5.41, 5.74) is 0.634. The van der Waals surface area contributed by atoms with Gasteiger partial charge in [0.2, 0.25) is 5.91 Å². The maximum absolute atomic E-state index is 14.5. The third-order valence-corrected chi connectivity index (χ3v) is 11.3. The lowest BCUT2D eigenvalue weighted by Crippen LogP contribution is -2.58. The molecule has 3 fully saturated rings. The number of anilines is 1. The van der Waals surface area contributed by atoms with E-state index in [0.29, 0.717) is 30.0 Å². The molecule has 0 radical (unpaired) electrons. The van der Waals surface area contributed by atoms with Gasteiger partial charge in [0.15, 0.2) is 0 Å². The lowest BCUT2D eigenvalue weighted by atomic mass is 9.71. The van der Waals surface area contributed by atoms with E-state index in [0.717, 1.165) is 6.42 Å². The molecule has 1 aromatic carbocycles. The van der Waals surface area contributed by atoms with Gasteiger partial charge in [-0.05, 0) is 49.9 Å². The van der Waals surface area contributed by atoms with Crippen LogP contribution >= 0.6 is 39.3 Å². The van der Waals surface area contributed by atoms with Crippen LogP contribution < -0.4 is 4.90 Å². The third-order valence-electron chi connectivity index (χ3n) is 7.82. The number of unbranched alkanes of at least 4 members (excludes halogenated alkanes) is 1. The lowest BCUT2D eigenvalue weighted by Gasteiger charge is -2.39. The molecule has 0 aromatic heterocycles. The summed E-state index contributed by atoms with van der Waals surface area (Å²) in [5, 5.41) is 10.6. The van der Waals surface area contributed by atoms with Gasteiger partial charge in [-0.25, -0.2) is 0 Å². The summed E-state index contributed by atoms with van der Waals surface area (Å²) in [6, 6.07) is 5.54. The fourth-order valence-corrected chi connectivity index (χ4v) is 9.85. The molecule has 0 aliphatic carbocycles. The predicted octanol–water partition coefficient (Wildman–Crippen LogP) is 4.60. The fourth-order valence-electron chi connectivity index (χ4n) is 6.14. The van der Waals surface area contributed by atoms with E-state index in [2.05, 4.69) is 29.1 Å². The number of carbonyl (C=O) groups is 3. The Labute approximate surface area is 241 Å². The summed E-state index contributed by atoms with van der Waals surface area (Å²) in [5.74, 6) is -2.30. The van der Waals surface area contributed by atoms with Crippen LogP contribution in [0.25, 0.3) is 0 Å². The number of hydrogen-bond donors (Lipinski definition) is 1. The van der Waals surface area contributed by atoms with Crippen molar-refractivity contribution in [3.8, 4) is 0 Å². The Morgan fingerprint density at radius 1 is 1.34 bits per heavy atom. The Balaban J connectivity index is 1.76. The zero-order chi connectivity index (χ0) is 27.6. The number of amides is 2. The van der Waals surface area contributed by atoms with E-state index in [4.69, 9.17) is 16.3 Å². The van der Waals surface area contributed by atoms with Gasteiger partial charge in [0.05, 0.1) is 35.8 Å². The number of carbonyl (C=O) groups excluding carboxylic acids is 3. The van der Waals surface area contributed by atoms with E-state index in [-0.39, 0.29) is 41.6 Å². The Morgan fingerprint density at radius 2 is 2.05 bits per heavy atom. The monoisotopic (exact) mass is 624 g/mol. The number of aliphatic hydroxyl groups excluding tert-OH is 1. The van der Waals surface area contributed by atoms with Gasteiger partial charge in [0, 0.05) is 27.3 Å². The van der Waals surface area contributed by atoms with Gasteiger partial charge in [-0.2, -0.15) is 0 Å². The van der Waals surface area contributed by atoms with Crippen molar-refractivity contribution in [3.05, 3.63) is 54.6 Å². The minimum absolute atomic E-state index is 0.0601. The first-order valence-electron chi connectivity index (χ1n) is 13.0. The van der Waals surface area contributed by atoms with Gasteiger partial charge in [0.1, 0.15) is 6.04 Å². The molecule has 3 heterocycles. The summed E-state index contributed by atoms with van der Waals surface area (Å²) >= 11 is 11.4. The number of thioether (sulfide) groups is 1. The van der Waals surface area contributed by atoms with Crippen LogP contribution in [0.3, 0.4) is 0 Å². The molecule has 7 atom stereocenters. The van der Waals surface area contributed by atoms with Crippen molar-refractivity contribution in [2.75, 3.05) is 24.7 Å². The molecule has 3 unspecified atom stereocenters. The summed E-state index contributed by atoms with van der Waals surface area (Å²) in [6.07, 6.45) is 5.83. The number of nitrogens with zero attached hydrogens (tertiary/aromatic N) is 2. The number of esters is 1. The molecule has 2 amide bonds. The van der Waals surface area contributed by atoms with Crippen molar-refractivity contribution in [1.82, 2.24) is 4.90 Å². The Hall–Kier alpha value is -1.81. The molecule has 2 bridgehead atoms. The van der Waals surface area contributed by atoms with Crippen molar-refractivity contribution >= 4 is 62.8 Å². The van der Waals surface area contributed by atoms with Crippen molar-refractivity contribution in [3.63, 3.8) is 0 Å². The van der Waals surface area contributed by atoms with E-state index in [1.54, 1.807) is 58.0 Å². The highest BCUT2D eigenvalue weighted by Gasteiger charge is 2.76. The molecular weight excluding hydrogens is 592 g/mol. The van der Waals surface area contributed by atoms with Gasteiger partial charge in [-0.15, -0.1) is 24.9 Å². The largest absolute Gasteiger partial charge is 0.465 e. The van der Waals surface area contributed by atoms with E-state index in [1.165, 1.54) is 0 Å². The van der Waals surface area contributed by atoms with Crippen LogP contribution in [0.4, 0.5) is 5.69 Å². The fraction of sp³-hybridized carbons (Fsp3) is 0.536. The van der Waals surface area contributed by atoms with Gasteiger partial charge >= 0.3 is 5.97 Å². The number of likely N-dealkylation sites (tertiary alicyclic amines) is 1. The van der Waals surface area contributed by atoms with Crippen molar-refractivity contribution in [2.24, 2.45) is 11.8 Å². The van der Waals surface area contributed by atoms with E-state index < -0.39 is 34.6 Å². The molecule has 3 aliphatic heterocycles. The number of hydrogen-bond acceptors (Lipinski definition) is 6. The summed E-state index contributed by atoms with van der Waals surface area (Å²) in [6.45, 7) is 9.62. The van der Waals surface area contributed by atoms with Crippen LogP contribution in [0.2, 0.25) is 5.02 Å². The second-order valence-corrected chi connectivity index (χ2v) is 13.1. The van der Waals surface area contributed by atoms with Crippen molar-refractivity contribution in [1.29, 1.82) is 0 Å². The number of aliphatic hydroxyl groups is 1. The number of benzene rings is 1. The van der Waals surface area contributed by atoms with Crippen LogP contribution in [0.5, 0.6) is 0 Å². The maximum Gasteiger partial charge on any atom is 0.310 e. The molecule has 7 nitrogen and oxygen atoms in total. The number of ether oxygens (including phenoxy) is 1. The van der Waals surface area contributed by atoms with Crippen LogP contribution in [-0.2, 0) is 19.1 Å². The SMILES string of the molecule is C=CCCCOC(=O)[C@H]1[C@@H]2SC3(CC2Br)C(C(=O)N(CC=C)c2ccc(Cl)cc2)N([C@@H](CC)CO)C(=O)[C@H]13. The van der Waals surface area contributed by atoms with Gasteiger partial charge in [-0.1, -0.05) is 46.6 Å². The quantitative estimate of drug-likeness (QED) is 0.158. The number of halogens is 2.